The zero-order valence-corrected chi connectivity index (χ0v) is 29.3. The summed E-state index contributed by atoms with van der Waals surface area (Å²) in [6, 6.07) is 22.8. The minimum absolute atomic E-state index is 0.00699. The van der Waals surface area contributed by atoms with Crippen LogP contribution in [0.5, 0.6) is 11.5 Å². The van der Waals surface area contributed by atoms with E-state index >= 15 is 0 Å². The summed E-state index contributed by atoms with van der Waals surface area (Å²) in [5.74, 6) is -2.87. The van der Waals surface area contributed by atoms with Crippen molar-refractivity contribution in [1.82, 2.24) is 20.1 Å². The first-order chi connectivity index (χ1) is 25.1. The highest BCUT2D eigenvalue weighted by molar-refractivity contribution is 7.92. The Hall–Kier alpha value is -6.21. The van der Waals surface area contributed by atoms with E-state index in [1.54, 1.807) is 36.4 Å². The number of phenols is 2. The number of benzene rings is 4. The highest BCUT2D eigenvalue weighted by Crippen LogP contribution is 2.32. The van der Waals surface area contributed by atoms with E-state index in [4.69, 9.17) is 0 Å². The van der Waals surface area contributed by atoms with Crippen LogP contribution in [0.25, 0.3) is 0 Å². The topological polar surface area (TPSA) is 232 Å². The Morgan fingerprint density at radius 1 is 0.642 bits per heavy atom. The number of hydrogen-bond donors (Lipinski definition) is 6. The van der Waals surface area contributed by atoms with Gasteiger partial charge >= 0.3 is 20.4 Å². The number of rotatable bonds is 10. The lowest BCUT2D eigenvalue weighted by atomic mass is 10.1. The molecule has 0 radical (unpaired) electrons. The summed E-state index contributed by atoms with van der Waals surface area (Å²) >= 11 is 0. The summed E-state index contributed by atoms with van der Waals surface area (Å²) in [4.78, 5) is 46.5. The van der Waals surface area contributed by atoms with Gasteiger partial charge in [-0.25, -0.2) is 22.4 Å². The van der Waals surface area contributed by atoms with Gasteiger partial charge in [0.15, 0.2) is 0 Å². The van der Waals surface area contributed by atoms with Crippen LogP contribution in [0, 0.1) is 5.82 Å². The number of hydrogen-bond acceptors (Lipinski definition) is 10. The standard InChI is InChI=1S/C17H16FN3O5S.C17H17N3O5S/c18-13-4-2-12(3-5-13)17(24)19-8-7-11-1-6-14(15(22)9-11)21-10-16(23)20-27(21,25)26;21-15-10-12(8-9-18-17(23)13-4-2-1-3-5-13)6-7-14(15)20-11-16(22)19-26(20,24)25/h1-6,9,22H,7-8,10H2,(H,19,24)(H,20,23);1-7,10,21H,8-9,11H2,(H,18,23)(H,19,22). The molecule has 2 fully saturated rings. The minimum Gasteiger partial charge on any atom is -0.506 e. The SMILES string of the molecule is O=C1CN(c2ccc(CCNC(=O)c3ccc(F)cc3)cc2O)S(=O)(=O)N1.O=C1CN(c2ccc(CCNC(=O)c3ccccc3)cc2O)S(=O)(=O)N1. The zero-order chi connectivity index (χ0) is 38.3. The van der Waals surface area contributed by atoms with E-state index < -0.39 is 44.6 Å². The Morgan fingerprint density at radius 2 is 1.06 bits per heavy atom. The highest BCUT2D eigenvalue weighted by atomic mass is 32.2. The lowest BCUT2D eigenvalue weighted by Gasteiger charge is -2.16. The largest absolute Gasteiger partial charge is 0.506 e. The van der Waals surface area contributed by atoms with Crippen molar-refractivity contribution < 1.29 is 50.6 Å². The first-order valence-electron chi connectivity index (χ1n) is 15.8. The fraction of sp³-hybridized carbons (Fsp3) is 0.176. The van der Waals surface area contributed by atoms with Gasteiger partial charge in [0.1, 0.15) is 30.4 Å². The number of aromatic hydroxyl groups is 2. The molecule has 0 bridgehead atoms. The number of nitrogens with one attached hydrogen (secondary N) is 4. The molecular weight excluding hydrogens is 736 g/mol. The third-order valence-corrected chi connectivity index (χ3v) is 10.6. The maximum Gasteiger partial charge on any atom is 0.326 e. The molecule has 0 atom stereocenters. The van der Waals surface area contributed by atoms with Crippen LogP contribution in [-0.2, 0) is 42.8 Å². The van der Waals surface area contributed by atoms with Gasteiger partial charge in [0, 0.05) is 24.2 Å². The summed E-state index contributed by atoms with van der Waals surface area (Å²) in [6.07, 6.45) is 0.834. The van der Waals surface area contributed by atoms with E-state index in [1.807, 2.05) is 15.5 Å². The number of carbonyl (C=O) groups is 4. The molecule has 4 amide bonds. The first-order valence-corrected chi connectivity index (χ1v) is 18.7. The molecule has 2 saturated heterocycles. The number of nitrogens with zero attached hydrogens (tertiary/aromatic N) is 2. The Kier molecular flexibility index (Phi) is 11.5. The van der Waals surface area contributed by atoms with E-state index in [0.717, 1.165) is 14.2 Å². The molecule has 2 aliphatic rings. The number of halogens is 1. The molecule has 6 rings (SSSR count). The van der Waals surface area contributed by atoms with Crippen LogP contribution in [0.1, 0.15) is 31.8 Å². The Labute approximate surface area is 303 Å². The van der Waals surface area contributed by atoms with Crippen LogP contribution < -0.4 is 28.7 Å². The lowest BCUT2D eigenvalue weighted by Crippen LogP contribution is -2.29. The van der Waals surface area contributed by atoms with Gasteiger partial charge in [-0.3, -0.25) is 19.2 Å². The van der Waals surface area contributed by atoms with E-state index in [2.05, 4.69) is 10.6 Å². The number of phenolic OH excluding ortho intramolecular Hbond substituents is 2. The van der Waals surface area contributed by atoms with Gasteiger partial charge in [0.25, 0.3) is 23.6 Å². The Bertz CT molecular complexity index is 2260. The molecule has 4 aromatic carbocycles. The van der Waals surface area contributed by atoms with Crippen molar-refractivity contribution in [2.75, 3.05) is 34.8 Å². The quantitative estimate of drug-likeness (QED) is 0.135. The molecule has 0 aromatic heterocycles. The van der Waals surface area contributed by atoms with Crippen molar-refractivity contribution in [2.24, 2.45) is 0 Å². The third-order valence-electron chi connectivity index (χ3n) is 7.80. The maximum absolute atomic E-state index is 12.9. The van der Waals surface area contributed by atoms with Crippen molar-refractivity contribution in [1.29, 1.82) is 0 Å². The highest BCUT2D eigenvalue weighted by Gasteiger charge is 2.36. The molecule has 0 saturated carbocycles. The van der Waals surface area contributed by atoms with Crippen molar-refractivity contribution in [3.05, 3.63) is 119 Å². The lowest BCUT2D eigenvalue weighted by molar-refractivity contribution is -0.118. The zero-order valence-electron chi connectivity index (χ0n) is 27.7. The summed E-state index contributed by atoms with van der Waals surface area (Å²) in [6.45, 7) is -0.156. The fourth-order valence-corrected chi connectivity index (χ4v) is 7.56. The monoisotopic (exact) mass is 768 g/mol. The second kappa shape index (κ2) is 16.0. The number of anilines is 2. The normalized spacial score (nSPS) is 15.5. The van der Waals surface area contributed by atoms with Gasteiger partial charge in [-0.05, 0) is 84.6 Å². The van der Waals surface area contributed by atoms with Crippen LogP contribution in [0.2, 0.25) is 0 Å². The molecule has 4 aromatic rings. The summed E-state index contributed by atoms with van der Waals surface area (Å²) in [7, 11) is -7.96. The average molecular weight is 769 g/mol. The van der Waals surface area contributed by atoms with Crippen molar-refractivity contribution in [2.45, 2.75) is 12.8 Å². The van der Waals surface area contributed by atoms with Crippen molar-refractivity contribution in [3.63, 3.8) is 0 Å². The number of amides is 4. The molecule has 16 nitrogen and oxygen atoms in total. The molecule has 2 heterocycles. The van der Waals surface area contributed by atoms with Crippen LogP contribution in [0.15, 0.2) is 91.0 Å². The van der Waals surface area contributed by atoms with E-state index in [9.17, 15) is 50.6 Å². The van der Waals surface area contributed by atoms with Crippen LogP contribution >= 0.6 is 0 Å². The Balaban J connectivity index is 0.000000204. The molecular formula is C34H33FN6O10S2. The molecule has 53 heavy (non-hydrogen) atoms. The molecule has 0 unspecified atom stereocenters. The molecule has 278 valence electrons. The van der Waals surface area contributed by atoms with E-state index in [-0.39, 0.29) is 47.8 Å². The second-order valence-electron chi connectivity index (χ2n) is 11.6. The van der Waals surface area contributed by atoms with E-state index in [1.165, 1.54) is 48.5 Å². The third kappa shape index (κ3) is 9.57. The van der Waals surface area contributed by atoms with Gasteiger partial charge in [-0.2, -0.15) is 16.8 Å². The van der Waals surface area contributed by atoms with Gasteiger partial charge < -0.3 is 20.8 Å². The van der Waals surface area contributed by atoms with Gasteiger partial charge in [0.2, 0.25) is 0 Å². The minimum atomic E-state index is -4.00. The van der Waals surface area contributed by atoms with Crippen LogP contribution in [0.3, 0.4) is 0 Å². The number of carbonyl (C=O) groups excluding carboxylic acids is 4. The van der Waals surface area contributed by atoms with Crippen LogP contribution in [0.4, 0.5) is 15.8 Å². The summed E-state index contributed by atoms with van der Waals surface area (Å²) < 4.78 is 65.4. The smallest absolute Gasteiger partial charge is 0.326 e. The molecule has 0 spiro atoms. The maximum atomic E-state index is 12.9. The molecule has 6 N–H and O–H groups in total. The van der Waals surface area contributed by atoms with Gasteiger partial charge in [-0.15, -0.1) is 0 Å². The van der Waals surface area contributed by atoms with Crippen LogP contribution in [-0.4, -0.2) is 76.9 Å². The summed E-state index contributed by atoms with van der Waals surface area (Å²) in [5, 5.41) is 25.7. The van der Waals surface area contributed by atoms with E-state index in [0.29, 0.717) is 36.1 Å². The average Bonchev–Trinajstić information content (AvgIpc) is 3.55. The van der Waals surface area contributed by atoms with Gasteiger partial charge in [-0.1, -0.05) is 30.3 Å². The first kappa shape index (κ1) is 38.0. The predicted octanol–water partition coefficient (Wildman–Crippen LogP) is 1.23. The second-order valence-corrected chi connectivity index (χ2v) is 14.8. The molecule has 0 aliphatic carbocycles. The fourth-order valence-electron chi connectivity index (χ4n) is 5.23. The predicted molar refractivity (Wildman–Crippen MR) is 190 cm³/mol. The van der Waals surface area contributed by atoms with Gasteiger partial charge in [0.05, 0.1) is 11.4 Å². The summed E-state index contributed by atoms with van der Waals surface area (Å²) in [5.41, 5.74) is 2.28. The molecule has 2 aliphatic heterocycles. The molecule has 19 heteroatoms. The Morgan fingerprint density at radius 3 is 1.43 bits per heavy atom. The van der Waals surface area contributed by atoms with Crippen molar-refractivity contribution in [3.8, 4) is 11.5 Å². The van der Waals surface area contributed by atoms with Crippen molar-refractivity contribution >= 4 is 55.4 Å².